The van der Waals surface area contributed by atoms with Crippen molar-refractivity contribution in [3.63, 3.8) is 0 Å². The summed E-state index contributed by atoms with van der Waals surface area (Å²) in [5.41, 5.74) is -0.889. The lowest BCUT2D eigenvalue weighted by molar-refractivity contribution is -0.148. The molecular formula is C16H28O3. The number of carbonyl (C=O) groups is 1. The fraction of sp³-hybridized carbons (Fsp3) is 0.938. The molecule has 3 unspecified atom stereocenters. The molecule has 3 heteroatoms. The molecule has 2 aliphatic rings. The Kier molecular flexibility index (Phi) is 4.24. The van der Waals surface area contributed by atoms with Gasteiger partial charge in [-0.1, -0.05) is 46.5 Å². The Labute approximate surface area is 117 Å². The predicted octanol–water partition coefficient (Wildman–Crippen LogP) is 3.70. The molecule has 0 bridgehead atoms. The number of hydrogen-bond acceptors (Lipinski definition) is 3. The van der Waals surface area contributed by atoms with E-state index in [1.807, 2.05) is 0 Å². The molecule has 1 spiro atoms. The van der Waals surface area contributed by atoms with Gasteiger partial charge in [-0.15, -0.1) is 0 Å². The third kappa shape index (κ3) is 2.31. The smallest absolute Gasteiger partial charge is 0.341 e. The van der Waals surface area contributed by atoms with Gasteiger partial charge < -0.3 is 9.47 Å². The number of ether oxygens (including phenoxy) is 2. The highest BCUT2D eigenvalue weighted by Gasteiger charge is 2.75. The largest absolute Gasteiger partial charge is 0.467 e. The van der Waals surface area contributed by atoms with Gasteiger partial charge in [0, 0.05) is 0 Å². The quantitative estimate of drug-likeness (QED) is 0.576. The molecule has 0 aromatic rings. The first kappa shape index (κ1) is 14.8. The summed E-state index contributed by atoms with van der Waals surface area (Å²) in [4.78, 5) is 12.2. The predicted molar refractivity (Wildman–Crippen MR) is 74.9 cm³/mol. The Balaban J connectivity index is 2.11. The van der Waals surface area contributed by atoms with Crippen molar-refractivity contribution < 1.29 is 14.3 Å². The summed E-state index contributed by atoms with van der Waals surface area (Å²) in [6, 6.07) is 0. The van der Waals surface area contributed by atoms with Gasteiger partial charge in [0.25, 0.3) is 0 Å². The van der Waals surface area contributed by atoms with Crippen LogP contribution < -0.4 is 0 Å². The third-order valence-electron chi connectivity index (χ3n) is 5.14. The lowest BCUT2D eigenvalue weighted by atomic mass is 9.79. The Hall–Kier alpha value is -0.570. The average molecular weight is 268 g/mol. The number of hydrogen-bond donors (Lipinski definition) is 0. The molecule has 0 radical (unpaired) electrons. The maximum Gasteiger partial charge on any atom is 0.341 e. The summed E-state index contributed by atoms with van der Waals surface area (Å²) in [5, 5.41) is 0. The molecule has 1 aliphatic heterocycles. The zero-order valence-corrected chi connectivity index (χ0v) is 12.8. The van der Waals surface area contributed by atoms with E-state index >= 15 is 0 Å². The summed E-state index contributed by atoms with van der Waals surface area (Å²) in [7, 11) is 1.47. The second kappa shape index (κ2) is 5.43. The zero-order valence-electron chi connectivity index (χ0n) is 12.8. The fourth-order valence-corrected chi connectivity index (χ4v) is 4.09. The third-order valence-corrected chi connectivity index (χ3v) is 5.14. The Morgan fingerprint density at radius 2 is 2.11 bits per heavy atom. The molecule has 19 heavy (non-hydrogen) atoms. The van der Waals surface area contributed by atoms with Crippen LogP contribution in [-0.4, -0.2) is 24.3 Å². The van der Waals surface area contributed by atoms with Crippen LogP contribution in [-0.2, 0) is 14.3 Å². The molecule has 3 nitrogen and oxygen atoms in total. The van der Waals surface area contributed by atoms with Crippen LogP contribution in [0.15, 0.2) is 0 Å². The van der Waals surface area contributed by atoms with Crippen molar-refractivity contribution in [2.45, 2.75) is 76.9 Å². The van der Waals surface area contributed by atoms with Crippen molar-refractivity contribution >= 4 is 5.97 Å². The number of carbonyl (C=O) groups excluding carboxylic acids is 1. The van der Waals surface area contributed by atoms with Crippen LogP contribution in [0.3, 0.4) is 0 Å². The highest BCUT2D eigenvalue weighted by Crippen LogP contribution is 2.60. The molecule has 0 amide bonds. The standard InChI is InChI=1S/C16H28O3/c1-5-7-13-8-6-10-15(11-9-13)16(19-15,12(2)3)14(17)18-4/h12-13H,5-11H2,1-4H3. The van der Waals surface area contributed by atoms with Crippen LogP contribution in [0.25, 0.3) is 0 Å². The number of rotatable bonds is 4. The van der Waals surface area contributed by atoms with Crippen LogP contribution in [0.1, 0.15) is 65.7 Å². The first-order valence-electron chi connectivity index (χ1n) is 7.81. The normalized spacial score (nSPS) is 38.3. The zero-order chi connectivity index (χ0) is 14.1. The molecule has 3 atom stereocenters. The van der Waals surface area contributed by atoms with Crippen LogP contribution in [0.5, 0.6) is 0 Å². The topological polar surface area (TPSA) is 38.8 Å². The monoisotopic (exact) mass is 268 g/mol. The molecule has 1 saturated heterocycles. The summed E-state index contributed by atoms with van der Waals surface area (Å²) >= 11 is 0. The number of esters is 1. The molecule has 2 fully saturated rings. The first-order chi connectivity index (χ1) is 9.02. The van der Waals surface area contributed by atoms with Gasteiger partial charge in [0.1, 0.15) is 5.60 Å². The van der Waals surface area contributed by atoms with Gasteiger partial charge in [0.05, 0.1) is 7.11 Å². The summed E-state index contributed by atoms with van der Waals surface area (Å²) in [6.07, 6.45) is 8.25. The Morgan fingerprint density at radius 3 is 2.68 bits per heavy atom. The van der Waals surface area contributed by atoms with Crippen LogP contribution >= 0.6 is 0 Å². The molecular weight excluding hydrogens is 240 g/mol. The van der Waals surface area contributed by atoms with Gasteiger partial charge in [-0.25, -0.2) is 4.79 Å². The minimum atomic E-state index is -0.664. The summed E-state index contributed by atoms with van der Waals surface area (Å²) in [5.74, 6) is 0.829. The number of methoxy groups -OCH3 is 1. The van der Waals surface area contributed by atoms with Gasteiger partial charge in [0.15, 0.2) is 5.60 Å². The van der Waals surface area contributed by atoms with Gasteiger partial charge in [-0.2, -0.15) is 0 Å². The molecule has 1 saturated carbocycles. The van der Waals surface area contributed by atoms with Gasteiger partial charge in [-0.05, 0) is 31.1 Å². The van der Waals surface area contributed by atoms with Gasteiger partial charge in [-0.3, -0.25) is 0 Å². The first-order valence-corrected chi connectivity index (χ1v) is 7.81. The van der Waals surface area contributed by atoms with Crippen molar-refractivity contribution in [1.82, 2.24) is 0 Å². The summed E-state index contributed by atoms with van der Waals surface area (Å²) in [6.45, 7) is 6.39. The minimum absolute atomic E-state index is 0.170. The van der Waals surface area contributed by atoms with Gasteiger partial charge in [0.2, 0.25) is 0 Å². The van der Waals surface area contributed by atoms with E-state index < -0.39 is 5.60 Å². The minimum Gasteiger partial charge on any atom is -0.467 e. The van der Waals surface area contributed by atoms with Crippen molar-refractivity contribution in [3.05, 3.63) is 0 Å². The maximum atomic E-state index is 12.2. The van der Waals surface area contributed by atoms with Crippen LogP contribution in [0.4, 0.5) is 0 Å². The van der Waals surface area contributed by atoms with Crippen LogP contribution in [0.2, 0.25) is 0 Å². The molecule has 110 valence electrons. The van der Waals surface area contributed by atoms with Crippen molar-refractivity contribution in [1.29, 1.82) is 0 Å². The average Bonchev–Trinajstić information content (AvgIpc) is 3.10. The van der Waals surface area contributed by atoms with Crippen molar-refractivity contribution in [3.8, 4) is 0 Å². The van der Waals surface area contributed by atoms with E-state index in [2.05, 4.69) is 20.8 Å². The lowest BCUT2D eigenvalue weighted by Gasteiger charge is -2.20. The maximum absolute atomic E-state index is 12.2. The molecule has 0 aromatic carbocycles. The molecule has 1 aliphatic carbocycles. The van der Waals surface area contributed by atoms with E-state index in [0.717, 1.165) is 18.8 Å². The Bertz CT molecular complexity index is 339. The van der Waals surface area contributed by atoms with Crippen molar-refractivity contribution in [2.24, 2.45) is 11.8 Å². The molecule has 0 aromatic heterocycles. The van der Waals surface area contributed by atoms with E-state index in [1.165, 1.54) is 39.2 Å². The van der Waals surface area contributed by atoms with E-state index in [1.54, 1.807) is 0 Å². The lowest BCUT2D eigenvalue weighted by Crippen LogP contribution is -2.39. The van der Waals surface area contributed by atoms with E-state index in [0.29, 0.717) is 0 Å². The second-order valence-corrected chi connectivity index (χ2v) is 6.56. The SMILES string of the molecule is CCCC1CCCC2(CC1)OC2(C(=O)OC)C(C)C. The fourth-order valence-electron chi connectivity index (χ4n) is 4.09. The van der Waals surface area contributed by atoms with Gasteiger partial charge >= 0.3 is 5.97 Å². The number of epoxide rings is 1. The highest BCUT2D eigenvalue weighted by atomic mass is 16.7. The van der Waals surface area contributed by atoms with E-state index in [4.69, 9.17) is 9.47 Å². The Morgan fingerprint density at radius 1 is 1.37 bits per heavy atom. The van der Waals surface area contributed by atoms with Crippen molar-refractivity contribution in [2.75, 3.05) is 7.11 Å². The highest BCUT2D eigenvalue weighted by molar-refractivity contribution is 5.85. The molecule has 2 rings (SSSR count). The summed E-state index contributed by atoms with van der Waals surface area (Å²) < 4.78 is 11.1. The molecule has 1 heterocycles. The molecule has 0 N–H and O–H groups in total. The second-order valence-electron chi connectivity index (χ2n) is 6.56. The van der Waals surface area contributed by atoms with E-state index in [9.17, 15) is 4.79 Å². The van der Waals surface area contributed by atoms with Crippen LogP contribution in [0, 0.1) is 11.8 Å². The van der Waals surface area contributed by atoms with E-state index in [-0.39, 0.29) is 17.5 Å².